The molecular formula is C28H35N5O3. The highest BCUT2D eigenvalue weighted by Gasteiger charge is 2.39. The van der Waals surface area contributed by atoms with E-state index in [0.717, 1.165) is 31.7 Å². The number of amides is 1. The van der Waals surface area contributed by atoms with E-state index in [0.29, 0.717) is 37.2 Å². The van der Waals surface area contributed by atoms with E-state index >= 15 is 0 Å². The largest absolute Gasteiger partial charge is 0.388 e. The predicted octanol–water partition coefficient (Wildman–Crippen LogP) is 2.35. The predicted molar refractivity (Wildman–Crippen MR) is 138 cm³/mol. The lowest BCUT2D eigenvalue weighted by Gasteiger charge is -2.41. The molecule has 0 bridgehead atoms. The van der Waals surface area contributed by atoms with Gasteiger partial charge in [-0.15, -0.1) is 0 Å². The number of nitrogens with one attached hydrogen (secondary N) is 1. The Kier molecular flexibility index (Phi) is 6.17. The summed E-state index contributed by atoms with van der Waals surface area (Å²) in [6, 6.07) is 12.1. The van der Waals surface area contributed by atoms with Crippen molar-refractivity contribution in [2.24, 2.45) is 11.8 Å². The van der Waals surface area contributed by atoms with Crippen molar-refractivity contribution in [3.8, 4) is 0 Å². The van der Waals surface area contributed by atoms with E-state index in [9.17, 15) is 14.7 Å². The Morgan fingerprint density at radius 2 is 1.86 bits per heavy atom. The molecule has 2 aromatic heterocycles. The number of likely N-dealkylation sites (tertiary alicyclic amines) is 1. The lowest BCUT2D eigenvalue weighted by Crippen LogP contribution is -2.52. The summed E-state index contributed by atoms with van der Waals surface area (Å²) in [7, 11) is 0. The first-order chi connectivity index (χ1) is 17.5. The molecular weight excluding hydrogens is 454 g/mol. The zero-order chi connectivity index (χ0) is 24.7. The Balaban J connectivity index is 1.12. The molecule has 2 atom stereocenters. The minimum Gasteiger partial charge on any atom is -0.388 e. The summed E-state index contributed by atoms with van der Waals surface area (Å²) in [6.07, 6.45) is 7.73. The number of carbonyl (C=O) groups excluding carboxylic acids is 1. The number of aliphatic hydroxyl groups is 1. The molecule has 8 nitrogen and oxygen atoms in total. The lowest BCUT2D eigenvalue weighted by atomic mass is 9.80. The van der Waals surface area contributed by atoms with Crippen LogP contribution in [0.1, 0.15) is 43.6 Å². The molecule has 2 N–H and O–H groups in total. The molecule has 36 heavy (non-hydrogen) atoms. The van der Waals surface area contributed by atoms with Gasteiger partial charge in [0.2, 0.25) is 5.91 Å². The van der Waals surface area contributed by atoms with Crippen LogP contribution in [0.5, 0.6) is 0 Å². The maximum atomic E-state index is 13.5. The lowest BCUT2D eigenvalue weighted by molar-refractivity contribution is -0.141. The van der Waals surface area contributed by atoms with Crippen molar-refractivity contribution in [2.75, 3.05) is 26.2 Å². The molecule has 1 saturated carbocycles. The monoisotopic (exact) mass is 489 g/mol. The van der Waals surface area contributed by atoms with Gasteiger partial charge in [-0.2, -0.15) is 0 Å². The van der Waals surface area contributed by atoms with E-state index < -0.39 is 5.60 Å². The Morgan fingerprint density at radius 1 is 1.08 bits per heavy atom. The van der Waals surface area contributed by atoms with Gasteiger partial charge in [-0.25, -0.2) is 4.98 Å². The van der Waals surface area contributed by atoms with Crippen molar-refractivity contribution in [3.05, 3.63) is 64.8 Å². The van der Waals surface area contributed by atoms with Crippen LogP contribution in [0.15, 0.2) is 53.7 Å². The van der Waals surface area contributed by atoms with Crippen LogP contribution in [0, 0.1) is 11.8 Å². The molecule has 2 aliphatic heterocycles. The van der Waals surface area contributed by atoms with E-state index in [1.807, 2.05) is 35.4 Å². The molecule has 1 aliphatic carbocycles. The number of piperidine rings is 2. The Morgan fingerprint density at radius 3 is 2.61 bits per heavy atom. The molecule has 6 rings (SSSR count). The molecule has 0 radical (unpaired) electrons. The number of hydrogen-bond acceptors (Lipinski definition) is 5. The first-order valence-electron chi connectivity index (χ1n) is 13.3. The first-order valence-corrected chi connectivity index (χ1v) is 13.3. The molecule has 1 amide bonds. The third-order valence-corrected chi connectivity index (χ3v) is 8.39. The second kappa shape index (κ2) is 9.48. The van der Waals surface area contributed by atoms with Gasteiger partial charge in [0.25, 0.3) is 5.56 Å². The standard InChI is InChI=1S/C28H35N5O3/c34-26(22-8-12-29-16-24(22)21-4-2-1-3-5-21)31-14-10-28(36,11-15-31)18-33-19-30-25-23(27(33)35)9-13-32(25)17-20-6-7-20/h1-5,9,13,19-20,22,24,29,36H,6-8,10-12,14-18H2/t22-,24+/m1/s1. The van der Waals surface area contributed by atoms with Crippen LogP contribution in [0.4, 0.5) is 0 Å². The van der Waals surface area contributed by atoms with Gasteiger partial charge in [-0.3, -0.25) is 14.2 Å². The maximum absolute atomic E-state index is 13.5. The topological polar surface area (TPSA) is 92.4 Å². The van der Waals surface area contributed by atoms with Gasteiger partial charge < -0.3 is 19.9 Å². The minimum absolute atomic E-state index is 0.0475. The summed E-state index contributed by atoms with van der Waals surface area (Å²) in [4.78, 5) is 33.2. The molecule has 3 fully saturated rings. The van der Waals surface area contributed by atoms with Crippen molar-refractivity contribution in [1.29, 1.82) is 0 Å². The fourth-order valence-corrected chi connectivity index (χ4v) is 6.00. The van der Waals surface area contributed by atoms with Gasteiger partial charge in [0, 0.05) is 44.2 Å². The van der Waals surface area contributed by atoms with E-state index in [4.69, 9.17) is 0 Å². The number of carbonyl (C=O) groups is 1. The molecule has 2 saturated heterocycles. The van der Waals surface area contributed by atoms with Crippen molar-refractivity contribution in [1.82, 2.24) is 24.3 Å². The Hall–Kier alpha value is -2.97. The average molecular weight is 490 g/mol. The van der Waals surface area contributed by atoms with Crippen LogP contribution >= 0.6 is 0 Å². The first kappa shape index (κ1) is 23.4. The van der Waals surface area contributed by atoms with E-state index in [-0.39, 0.29) is 29.8 Å². The van der Waals surface area contributed by atoms with Crippen LogP contribution in [0.2, 0.25) is 0 Å². The number of benzene rings is 1. The third kappa shape index (κ3) is 4.60. The van der Waals surface area contributed by atoms with Crippen molar-refractivity contribution in [3.63, 3.8) is 0 Å². The second-order valence-corrected chi connectivity index (χ2v) is 11.0. The third-order valence-electron chi connectivity index (χ3n) is 8.39. The smallest absolute Gasteiger partial charge is 0.262 e. The SMILES string of the molecule is O=C([C@@H]1CCNC[C@H]1c1ccccc1)N1CCC(O)(Cn2cnc3c(ccn3CC3CC3)c2=O)CC1. The highest BCUT2D eigenvalue weighted by Crippen LogP contribution is 2.33. The van der Waals surface area contributed by atoms with Crippen molar-refractivity contribution >= 4 is 16.9 Å². The van der Waals surface area contributed by atoms with Crippen LogP contribution in [-0.2, 0) is 17.9 Å². The van der Waals surface area contributed by atoms with E-state index in [2.05, 4.69) is 27.0 Å². The van der Waals surface area contributed by atoms with Gasteiger partial charge in [0.05, 0.1) is 17.5 Å². The normalized spacial score (nSPS) is 24.2. The Labute approximate surface area is 210 Å². The Bertz CT molecular complexity index is 1290. The molecule has 0 unspecified atom stereocenters. The molecule has 8 heteroatoms. The average Bonchev–Trinajstić information content (AvgIpc) is 3.64. The van der Waals surface area contributed by atoms with Gasteiger partial charge >= 0.3 is 0 Å². The molecule has 3 aliphatic rings. The molecule has 0 spiro atoms. The maximum Gasteiger partial charge on any atom is 0.262 e. The van der Waals surface area contributed by atoms with Gasteiger partial charge in [-0.05, 0) is 56.2 Å². The number of rotatable bonds is 6. The summed E-state index contributed by atoms with van der Waals surface area (Å²) < 4.78 is 3.61. The van der Waals surface area contributed by atoms with Gasteiger partial charge in [-0.1, -0.05) is 30.3 Å². The molecule has 4 heterocycles. The van der Waals surface area contributed by atoms with Crippen LogP contribution in [0.25, 0.3) is 11.0 Å². The van der Waals surface area contributed by atoms with Gasteiger partial charge in [0.1, 0.15) is 12.0 Å². The highest BCUT2D eigenvalue weighted by molar-refractivity contribution is 5.80. The summed E-state index contributed by atoms with van der Waals surface area (Å²) in [6.45, 7) is 3.77. The van der Waals surface area contributed by atoms with Crippen molar-refractivity contribution < 1.29 is 9.90 Å². The van der Waals surface area contributed by atoms with E-state index in [1.165, 1.54) is 18.4 Å². The fourth-order valence-electron chi connectivity index (χ4n) is 6.00. The molecule has 1 aromatic carbocycles. The number of fused-ring (bicyclic) bond motifs is 1. The summed E-state index contributed by atoms with van der Waals surface area (Å²) in [5.74, 6) is 1.00. The van der Waals surface area contributed by atoms with Gasteiger partial charge in [0.15, 0.2) is 0 Å². The number of aromatic nitrogens is 3. The highest BCUT2D eigenvalue weighted by atomic mass is 16.3. The zero-order valence-corrected chi connectivity index (χ0v) is 20.7. The van der Waals surface area contributed by atoms with Crippen LogP contribution in [-0.4, -0.2) is 61.8 Å². The molecule has 190 valence electrons. The van der Waals surface area contributed by atoms with E-state index in [1.54, 1.807) is 10.9 Å². The summed E-state index contributed by atoms with van der Waals surface area (Å²) >= 11 is 0. The molecule has 3 aromatic rings. The van der Waals surface area contributed by atoms with Crippen LogP contribution in [0.3, 0.4) is 0 Å². The van der Waals surface area contributed by atoms with Crippen LogP contribution < -0.4 is 10.9 Å². The van der Waals surface area contributed by atoms with Crippen molar-refractivity contribution in [2.45, 2.75) is 56.7 Å². The second-order valence-electron chi connectivity index (χ2n) is 11.0. The minimum atomic E-state index is -1.03. The number of nitrogens with zero attached hydrogens (tertiary/aromatic N) is 4. The number of hydrogen-bond donors (Lipinski definition) is 2. The zero-order valence-electron chi connectivity index (χ0n) is 20.7. The fraction of sp³-hybridized carbons (Fsp3) is 0.536. The summed E-state index contributed by atoms with van der Waals surface area (Å²) in [5.41, 5.74) is 0.789. The summed E-state index contributed by atoms with van der Waals surface area (Å²) in [5, 5.41) is 15.4. The quantitative estimate of drug-likeness (QED) is 0.555.